The topological polar surface area (TPSA) is 40.0 Å². The number of benzene rings is 2. The van der Waals surface area contributed by atoms with Gasteiger partial charge in [-0.05, 0) is 42.8 Å². The Balaban J connectivity index is 1.97. The zero-order valence-electron chi connectivity index (χ0n) is 14.5. The van der Waals surface area contributed by atoms with Crippen LogP contribution in [0.3, 0.4) is 0 Å². The first-order chi connectivity index (χ1) is 12.2. The molecule has 2 aromatic carbocycles. The lowest BCUT2D eigenvalue weighted by atomic mass is 10.1. The van der Waals surface area contributed by atoms with Crippen molar-refractivity contribution in [3.8, 4) is 23.3 Å². The summed E-state index contributed by atoms with van der Waals surface area (Å²) in [5.41, 5.74) is 3.00. The van der Waals surface area contributed by atoms with Gasteiger partial charge in [0.05, 0.1) is 13.3 Å². The molecule has 0 N–H and O–H groups in total. The normalized spacial score (nSPS) is 10.0. The van der Waals surface area contributed by atoms with Crippen molar-refractivity contribution in [1.29, 1.82) is 0 Å². The molecule has 0 fully saturated rings. The molecule has 128 valence electrons. The molecule has 0 amide bonds. The van der Waals surface area contributed by atoms with Gasteiger partial charge in [0.1, 0.15) is 13.2 Å². The van der Waals surface area contributed by atoms with Crippen LogP contribution in [0.4, 0.5) is 0 Å². The highest BCUT2D eigenvalue weighted by molar-refractivity contribution is 5.80. The molecule has 0 aromatic heterocycles. The highest BCUT2D eigenvalue weighted by Crippen LogP contribution is 2.27. The molecule has 0 radical (unpaired) electrons. The second kappa shape index (κ2) is 9.84. The highest BCUT2D eigenvalue weighted by atomic mass is 16.6. The van der Waals surface area contributed by atoms with Gasteiger partial charge in [0.25, 0.3) is 0 Å². The molecule has 4 nitrogen and oxygen atoms in total. The van der Waals surface area contributed by atoms with Crippen LogP contribution in [0.1, 0.15) is 16.7 Å². The summed E-state index contributed by atoms with van der Waals surface area (Å²) in [7, 11) is 1.59. The van der Waals surface area contributed by atoms with Crippen molar-refractivity contribution in [1.82, 2.24) is 0 Å². The fraction of sp³-hybridized carbons (Fsp3) is 0.190. The van der Waals surface area contributed by atoms with Crippen molar-refractivity contribution >= 4 is 6.21 Å². The van der Waals surface area contributed by atoms with E-state index in [4.69, 9.17) is 14.3 Å². The van der Waals surface area contributed by atoms with E-state index in [-0.39, 0.29) is 6.61 Å². The van der Waals surface area contributed by atoms with Crippen LogP contribution in [0.2, 0.25) is 0 Å². The van der Waals surface area contributed by atoms with E-state index in [1.165, 1.54) is 5.56 Å². The first-order valence-corrected chi connectivity index (χ1v) is 7.85. The quantitative estimate of drug-likeness (QED) is 0.253. The molecule has 0 spiro atoms. The van der Waals surface area contributed by atoms with E-state index >= 15 is 0 Å². The van der Waals surface area contributed by atoms with Crippen molar-refractivity contribution in [3.05, 3.63) is 71.8 Å². The van der Waals surface area contributed by atoms with Crippen LogP contribution >= 0.6 is 0 Å². The molecule has 0 aliphatic carbocycles. The van der Waals surface area contributed by atoms with Gasteiger partial charge in [-0.25, -0.2) is 0 Å². The van der Waals surface area contributed by atoms with Gasteiger partial charge < -0.3 is 14.3 Å². The molecule has 0 heterocycles. The van der Waals surface area contributed by atoms with Gasteiger partial charge in [-0.3, -0.25) is 0 Å². The zero-order chi connectivity index (χ0) is 17.9. The lowest BCUT2D eigenvalue weighted by molar-refractivity contribution is 0.176. The van der Waals surface area contributed by atoms with Crippen LogP contribution in [0.25, 0.3) is 0 Å². The van der Waals surface area contributed by atoms with Crippen molar-refractivity contribution in [3.63, 3.8) is 0 Å². The van der Waals surface area contributed by atoms with Gasteiger partial charge in [0.15, 0.2) is 11.5 Å². The molecule has 0 aliphatic heterocycles. The smallest absolute Gasteiger partial charge is 0.162 e. The molecule has 4 heteroatoms. The van der Waals surface area contributed by atoms with E-state index in [0.29, 0.717) is 18.1 Å². The number of rotatable bonds is 7. The fourth-order valence-electron chi connectivity index (χ4n) is 2.05. The van der Waals surface area contributed by atoms with Gasteiger partial charge in [-0.1, -0.05) is 41.8 Å². The second-order valence-electron chi connectivity index (χ2n) is 5.19. The standard InChI is InChI=1S/C21H21NO3/c1-4-12-25-22-16-19-10-11-20(21(15-19)23-3)24-13-6-9-18-8-5-7-17(2)14-18/h4-5,7-8,10-11,14-16H,1,12-13H2,2-3H3/b22-16+. The summed E-state index contributed by atoms with van der Waals surface area (Å²) in [6, 6.07) is 13.6. The summed E-state index contributed by atoms with van der Waals surface area (Å²) in [5.74, 6) is 7.34. The Morgan fingerprint density at radius 1 is 1.16 bits per heavy atom. The third kappa shape index (κ3) is 6.08. The molecule has 0 aliphatic rings. The van der Waals surface area contributed by atoms with Gasteiger partial charge in [0.2, 0.25) is 0 Å². The minimum Gasteiger partial charge on any atom is -0.493 e. The molecule has 0 bridgehead atoms. The zero-order valence-corrected chi connectivity index (χ0v) is 14.5. The maximum absolute atomic E-state index is 5.69. The Hall–Kier alpha value is -3.19. The first-order valence-electron chi connectivity index (χ1n) is 7.85. The number of hydrogen-bond donors (Lipinski definition) is 0. The van der Waals surface area contributed by atoms with Gasteiger partial charge in [-0.2, -0.15) is 0 Å². The van der Waals surface area contributed by atoms with Crippen molar-refractivity contribution < 1.29 is 14.3 Å². The van der Waals surface area contributed by atoms with E-state index < -0.39 is 0 Å². The van der Waals surface area contributed by atoms with E-state index in [1.807, 2.05) is 49.4 Å². The molecule has 0 atom stereocenters. The maximum Gasteiger partial charge on any atom is 0.162 e. The predicted molar refractivity (Wildman–Crippen MR) is 100 cm³/mol. The molecule has 2 rings (SSSR count). The van der Waals surface area contributed by atoms with Crippen molar-refractivity contribution in [2.75, 3.05) is 20.3 Å². The molecular weight excluding hydrogens is 314 g/mol. The number of nitrogens with zero attached hydrogens (tertiary/aromatic N) is 1. The third-order valence-electron chi connectivity index (χ3n) is 3.21. The number of ether oxygens (including phenoxy) is 2. The van der Waals surface area contributed by atoms with Crippen LogP contribution in [0, 0.1) is 18.8 Å². The van der Waals surface area contributed by atoms with E-state index in [1.54, 1.807) is 19.4 Å². The van der Waals surface area contributed by atoms with E-state index in [2.05, 4.69) is 23.6 Å². The minimum absolute atomic E-state index is 0.278. The molecule has 0 unspecified atom stereocenters. The SMILES string of the molecule is C=CCO/N=C/c1ccc(OCC#Cc2cccc(C)c2)c(OC)c1. The third-order valence-corrected chi connectivity index (χ3v) is 3.21. The minimum atomic E-state index is 0.278. The van der Waals surface area contributed by atoms with Crippen LogP contribution < -0.4 is 9.47 Å². The maximum atomic E-state index is 5.69. The van der Waals surface area contributed by atoms with Crippen LogP contribution in [-0.2, 0) is 4.84 Å². The highest BCUT2D eigenvalue weighted by Gasteiger charge is 2.04. The molecular formula is C21H21NO3. The molecule has 0 saturated heterocycles. The summed E-state index contributed by atoms with van der Waals surface area (Å²) in [4.78, 5) is 4.98. The summed E-state index contributed by atoms with van der Waals surface area (Å²) < 4.78 is 11.0. The van der Waals surface area contributed by atoms with E-state index in [0.717, 1.165) is 11.1 Å². The average molecular weight is 335 g/mol. The summed E-state index contributed by atoms with van der Waals surface area (Å²) in [5, 5.41) is 3.84. The lowest BCUT2D eigenvalue weighted by Crippen LogP contribution is -1.98. The Bertz CT molecular complexity index is 800. The van der Waals surface area contributed by atoms with Crippen molar-refractivity contribution in [2.45, 2.75) is 6.92 Å². The number of hydrogen-bond acceptors (Lipinski definition) is 4. The van der Waals surface area contributed by atoms with Crippen molar-refractivity contribution in [2.24, 2.45) is 5.16 Å². The van der Waals surface area contributed by atoms with Crippen LogP contribution in [0.5, 0.6) is 11.5 Å². The van der Waals surface area contributed by atoms with E-state index in [9.17, 15) is 0 Å². The Labute approximate surface area is 148 Å². The van der Waals surface area contributed by atoms with Gasteiger partial charge >= 0.3 is 0 Å². The van der Waals surface area contributed by atoms with Crippen LogP contribution in [-0.4, -0.2) is 26.5 Å². The monoisotopic (exact) mass is 335 g/mol. The predicted octanol–water partition coefficient (Wildman–Crippen LogP) is 3.97. The lowest BCUT2D eigenvalue weighted by Gasteiger charge is -2.09. The number of oxime groups is 1. The fourth-order valence-corrected chi connectivity index (χ4v) is 2.05. The van der Waals surface area contributed by atoms with Gasteiger partial charge in [-0.15, -0.1) is 0 Å². The first kappa shape index (κ1) is 18.2. The summed E-state index contributed by atoms with van der Waals surface area (Å²) in [6.45, 7) is 6.25. The number of aryl methyl sites for hydroxylation is 1. The Kier molecular flexibility index (Phi) is 7.14. The summed E-state index contributed by atoms with van der Waals surface area (Å²) >= 11 is 0. The molecule has 2 aromatic rings. The largest absolute Gasteiger partial charge is 0.493 e. The number of methoxy groups -OCH3 is 1. The molecule has 0 saturated carbocycles. The second-order valence-corrected chi connectivity index (χ2v) is 5.19. The van der Waals surface area contributed by atoms with Crippen LogP contribution in [0.15, 0.2) is 60.3 Å². The summed E-state index contributed by atoms with van der Waals surface area (Å²) in [6.07, 6.45) is 3.24. The average Bonchev–Trinajstić information content (AvgIpc) is 2.63. The van der Waals surface area contributed by atoms with Gasteiger partial charge in [0, 0.05) is 11.1 Å². The Morgan fingerprint density at radius 2 is 2.04 bits per heavy atom. The molecule has 25 heavy (non-hydrogen) atoms. The Morgan fingerprint density at radius 3 is 2.80 bits per heavy atom.